The van der Waals surface area contributed by atoms with Crippen LogP contribution in [-0.2, 0) is 4.74 Å². The molecule has 0 saturated heterocycles. The fourth-order valence-electron chi connectivity index (χ4n) is 2.53. The Morgan fingerprint density at radius 1 is 1.04 bits per heavy atom. The average molecular weight is 328 g/mol. The van der Waals surface area contributed by atoms with E-state index in [1.807, 2.05) is 48.5 Å². The number of fused-ring (bicyclic) bond motifs is 1. The maximum atomic E-state index is 12.2. The molecule has 3 aromatic rings. The van der Waals surface area contributed by atoms with Crippen LogP contribution in [-0.4, -0.2) is 25.2 Å². The Kier molecular flexibility index (Phi) is 4.17. The topological polar surface area (TPSA) is 48.4 Å². The van der Waals surface area contributed by atoms with E-state index in [4.69, 9.17) is 21.1 Å². The number of carbonyl (C=O) groups is 1. The van der Waals surface area contributed by atoms with E-state index in [-0.39, 0.29) is 10.7 Å². The Labute approximate surface area is 138 Å². The molecule has 0 aliphatic heterocycles. The highest BCUT2D eigenvalue weighted by Gasteiger charge is 2.22. The predicted molar refractivity (Wildman–Crippen MR) is 90.1 cm³/mol. The summed E-state index contributed by atoms with van der Waals surface area (Å²) < 4.78 is 10.1. The number of carbonyl (C=O) groups excluding carboxylic acids is 1. The van der Waals surface area contributed by atoms with Gasteiger partial charge in [0, 0.05) is 10.9 Å². The molecule has 0 atom stereocenters. The summed E-state index contributed by atoms with van der Waals surface area (Å²) in [6.07, 6.45) is 0. The molecule has 0 fully saturated rings. The summed E-state index contributed by atoms with van der Waals surface area (Å²) in [4.78, 5) is 16.5. The normalized spacial score (nSPS) is 10.6. The van der Waals surface area contributed by atoms with Crippen molar-refractivity contribution in [3.05, 3.63) is 59.2 Å². The molecule has 0 amide bonds. The maximum absolute atomic E-state index is 12.2. The third-order valence-electron chi connectivity index (χ3n) is 3.62. The molecule has 0 bridgehead atoms. The number of aromatic nitrogens is 1. The Hall–Kier alpha value is -2.59. The Morgan fingerprint density at radius 3 is 2.39 bits per heavy atom. The van der Waals surface area contributed by atoms with Gasteiger partial charge in [-0.2, -0.15) is 0 Å². The summed E-state index contributed by atoms with van der Waals surface area (Å²) in [6, 6.07) is 15.0. The lowest BCUT2D eigenvalue weighted by atomic mass is 9.96. The second-order valence-electron chi connectivity index (χ2n) is 4.89. The summed E-state index contributed by atoms with van der Waals surface area (Å²) in [5.74, 6) is 0.219. The van der Waals surface area contributed by atoms with Crippen molar-refractivity contribution in [2.24, 2.45) is 0 Å². The van der Waals surface area contributed by atoms with Crippen LogP contribution in [0.25, 0.3) is 22.0 Å². The molecule has 116 valence electrons. The van der Waals surface area contributed by atoms with Gasteiger partial charge in [-0.1, -0.05) is 41.9 Å². The first-order valence-corrected chi connectivity index (χ1v) is 7.34. The quantitative estimate of drug-likeness (QED) is 0.530. The van der Waals surface area contributed by atoms with Crippen LogP contribution in [0.15, 0.2) is 48.5 Å². The Morgan fingerprint density at radius 2 is 1.74 bits per heavy atom. The van der Waals surface area contributed by atoms with E-state index in [1.54, 1.807) is 7.11 Å². The van der Waals surface area contributed by atoms with Gasteiger partial charge < -0.3 is 9.47 Å². The molecule has 5 heteroatoms. The summed E-state index contributed by atoms with van der Waals surface area (Å²) in [7, 11) is 2.93. The van der Waals surface area contributed by atoms with E-state index >= 15 is 0 Å². The molecule has 3 rings (SSSR count). The number of rotatable bonds is 3. The largest absolute Gasteiger partial charge is 0.497 e. The summed E-state index contributed by atoms with van der Waals surface area (Å²) in [5.41, 5.74) is 2.52. The molecule has 23 heavy (non-hydrogen) atoms. The maximum Gasteiger partial charge on any atom is 0.341 e. The lowest BCUT2D eigenvalue weighted by Gasteiger charge is -2.13. The van der Waals surface area contributed by atoms with Crippen LogP contribution < -0.4 is 4.74 Å². The summed E-state index contributed by atoms with van der Waals surface area (Å²) in [5, 5.41) is 0.962. The number of hydrogen-bond donors (Lipinski definition) is 0. The van der Waals surface area contributed by atoms with Gasteiger partial charge in [0.15, 0.2) is 0 Å². The molecule has 0 saturated carbocycles. The molecule has 2 aromatic carbocycles. The highest BCUT2D eigenvalue weighted by atomic mass is 35.5. The van der Waals surface area contributed by atoms with Crippen molar-refractivity contribution in [1.29, 1.82) is 0 Å². The van der Waals surface area contributed by atoms with Crippen molar-refractivity contribution in [3.8, 4) is 16.9 Å². The minimum Gasteiger partial charge on any atom is -0.497 e. The van der Waals surface area contributed by atoms with Crippen molar-refractivity contribution in [2.75, 3.05) is 14.2 Å². The standard InChI is InChI=1S/C18H14ClNO3/c1-22-12-9-7-11(8-10-12)15-13-5-3-4-6-14(13)20-17(19)16(15)18(21)23-2/h3-10H,1-2H3. The van der Waals surface area contributed by atoms with Crippen LogP contribution in [0.1, 0.15) is 10.4 Å². The molecule has 0 spiro atoms. The molecule has 0 aliphatic carbocycles. The van der Waals surface area contributed by atoms with Crippen LogP contribution in [0.2, 0.25) is 5.15 Å². The molecule has 1 heterocycles. The van der Waals surface area contributed by atoms with Crippen molar-refractivity contribution in [3.63, 3.8) is 0 Å². The van der Waals surface area contributed by atoms with Crippen molar-refractivity contribution >= 4 is 28.5 Å². The summed E-state index contributed by atoms with van der Waals surface area (Å²) >= 11 is 6.25. The van der Waals surface area contributed by atoms with Gasteiger partial charge in [0.25, 0.3) is 0 Å². The highest BCUT2D eigenvalue weighted by Crippen LogP contribution is 2.36. The fraction of sp³-hybridized carbons (Fsp3) is 0.111. The van der Waals surface area contributed by atoms with Crippen molar-refractivity contribution in [1.82, 2.24) is 4.98 Å². The number of halogens is 1. The Bertz CT molecular complexity index is 875. The van der Waals surface area contributed by atoms with Crippen LogP contribution in [0.4, 0.5) is 0 Å². The van der Waals surface area contributed by atoms with Gasteiger partial charge in [-0.3, -0.25) is 0 Å². The second-order valence-corrected chi connectivity index (χ2v) is 5.25. The SMILES string of the molecule is COC(=O)c1c(Cl)nc2ccccc2c1-c1ccc(OC)cc1. The van der Waals surface area contributed by atoms with E-state index < -0.39 is 5.97 Å². The van der Waals surface area contributed by atoms with Gasteiger partial charge in [-0.05, 0) is 23.8 Å². The molecule has 0 radical (unpaired) electrons. The lowest BCUT2D eigenvalue weighted by molar-refractivity contribution is 0.0601. The number of ether oxygens (including phenoxy) is 2. The van der Waals surface area contributed by atoms with E-state index in [9.17, 15) is 4.79 Å². The number of para-hydroxylation sites is 1. The average Bonchev–Trinajstić information content (AvgIpc) is 2.60. The van der Waals surface area contributed by atoms with Crippen molar-refractivity contribution < 1.29 is 14.3 Å². The third-order valence-corrected chi connectivity index (χ3v) is 3.89. The molecular formula is C18H14ClNO3. The molecule has 0 aliphatic rings. The van der Waals surface area contributed by atoms with Gasteiger partial charge >= 0.3 is 5.97 Å². The molecule has 1 aromatic heterocycles. The minimum atomic E-state index is -0.515. The zero-order valence-electron chi connectivity index (χ0n) is 12.7. The van der Waals surface area contributed by atoms with Crippen LogP contribution in [0.5, 0.6) is 5.75 Å². The first-order chi connectivity index (χ1) is 11.2. The van der Waals surface area contributed by atoms with Gasteiger partial charge in [-0.25, -0.2) is 9.78 Å². The molecular weight excluding hydrogens is 314 g/mol. The monoisotopic (exact) mass is 327 g/mol. The number of benzene rings is 2. The molecule has 0 unspecified atom stereocenters. The number of nitrogens with zero attached hydrogens (tertiary/aromatic N) is 1. The van der Waals surface area contributed by atoms with Crippen molar-refractivity contribution in [2.45, 2.75) is 0 Å². The predicted octanol–water partition coefficient (Wildman–Crippen LogP) is 4.35. The van der Waals surface area contributed by atoms with Gasteiger partial charge in [0.1, 0.15) is 16.5 Å². The van der Waals surface area contributed by atoms with Gasteiger partial charge in [0.05, 0.1) is 19.7 Å². The van der Waals surface area contributed by atoms with Crippen LogP contribution in [0.3, 0.4) is 0 Å². The summed E-state index contributed by atoms with van der Waals surface area (Å²) in [6.45, 7) is 0. The highest BCUT2D eigenvalue weighted by molar-refractivity contribution is 6.34. The Balaban J connectivity index is 2.36. The van der Waals surface area contributed by atoms with E-state index in [1.165, 1.54) is 7.11 Å². The smallest absolute Gasteiger partial charge is 0.341 e. The van der Waals surface area contributed by atoms with Crippen LogP contribution in [0, 0.1) is 0 Å². The minimum absolute atomic E-state index is 0.126. The fourth-order valence-corrected chi connectivity index (χ4v) is 2.79. The first-order valence-electron chi connectivity index (χ1n) is 6.96. The number of methoxy groups -OCH3 is 2. The zero-order valence-corrected chi connectivity index (χ0v) is 13.4. The first kappa shape index (κ1) is 15.3. The van der Waals surface area contributed by atoms with E-state index in [0.717, 1.165) is 22.2 Å². The second kappa shape index (κ2) is 6.26. The van der Waals surface area contributed by atoms with E-state index in [2.05, 4.69) is 4.98 Å². The number of hydrogen-bond acceptors (Lipinski definition) is 4. The molecule has 0 N–H and O–H groups in total. The zero-order chi connectivity index (χ0) is 16.4. The number of pyridine rings is 1. The molecule has 4 nitrogen and oxygen atoms in total. The van der Waals surface area contributed by atoms with E-state index in [0.29, 0.717) is 5.56 Å². The van der Waals surface area contributed by atoms with Crippen LogP contribution >= 0.6 is 11.6 Å². The van der Waals surface area contributed by atoms with Gasteiger partial charge in [0.2, 0.25) is 0 Å². The van der Waals surface area contributed by atoms with Gasteiger partial charge in [-0.15, -0.1) is 0 Å². The lowest BCUT2D eigenvalue weighted by Crippen LogP contribution is -2.07. The third kappa shape index (κ3) is 2.73. The number of esters is 1.